The van der Waals surface area contributed by atoms with E-state index in [1.54, 1.807) is 18.2 Å². The smallest absolute Gasteiger partial charge is 0.262 e. The van der Waals surface area contributed by atoms with Crippen LogP contribution < -0.4 is 15.8 Å². The van der Waals surface area contributed by atoms with E-state index < -0.39 is 0 Å². The third-order valence-corrected chi connectivity index (χ3v) is 3.34. The minimum atomic E-state index is -0.274. The van der Waals surface area contributed by atoms with Gasteiger partial charge < -0.3 is 15.8 Å². The molecule has 0 aliphatic rings. The first-order valence-electron chi connectivity index (χ1n) is 6.51. The molecule has 3 N–H and O–H groups in total. The van der Waals surface area contributed by atoms with Crippen LogP contribution in [0.1, 0.15) is 11.1 Å². The van der Waals surface area contributed by atoms with Crippen LogP contribution in [0.2, 0.25) is 5.02 Å². The first-order valence-corrected chi connectivity index (χ1v) is 6.89. The molecule has 0 unspecified atom stereocenters. The molecule has 0 aliphatic carbocycles. The minimum Gasteiger partial charge on any atom is -0.483 e. The van der Waals surface area contributed by atoms with Crippen molar-refractivity contribution in [3.05, 3.63) is 52.5 Å². The zero-order valence-corrected chi connectivity index (χ0v) is 12.7. The van der Waals surface area contributed by atoms with Crippen LogP contribution in [0.15, 0.2) is 36.4 Å². The van der Waals surface area contributed by atoms with Gasteiger partial charge in [0.15, 0.2) is 6.61 Å². The normalized spacial score (nSPS) is 10.2. The Labute approximate surface area is 128 Å². The molecule has 0 aliphatic heterocycles. The Morgan fingerprint density at radius 1 is 1.24 bits per heavy atom. The lowest BCUT2D eigenvalue weighted by molar-refractivity contribution is -0.118. The molecule has 0 radical (unpaired) electrons. The summed E-state index contributed by atoms with van der Waals surface area (Å²) in [5.74, 6) is 0.459. The van der Waals surface area contributed by atoms with E-state index in [1.807, 2.05) is 32.0 Å². The van der Waals surface area contributed by atoms with E-state index in [4.69, 9.17) is 22.1 Å². The minimum absolute atomic E-state index is 0.0770. The second-order valence-corrected chi connectivity index (χ2v) is 5.20. The SMILES string of the molecule is Cc1cccc(C)c1OCC(=O)Nc1ccc(N)cc1Cl. The lowest BCUT2D eigenvalue weighted by atomic mass is 10.1. The molecule has 2 aromatic rings. The summed E-state index contributed by atoms with van der Waals surface area (Å²) < 4.78 is 5.59. The maximum absolute atomic E-state index is 11.9. The second-order valence-electron chi connectivity index (χ2n) is 4.80. The van der Waals surface area contributed by atoms with Crippen molar-refractivity contribution in [3.8, 4) is 5.75 Å². The van der Waals surface area contributed by atoms with E-state index in [2.05, 4.69) is 5.32 Å². The number of ether oxygens (including phenoxy) is 1. The molecule has 0 spiro atoms. The Morgan fingerprint density at radius 3 is 2.52 bits per heavy atom. The van der Waals surface area contributed by atoms with Crippen LogP contribution in [0.3, 0.4) is 0 Å². The second kappa shape index (κ2) is 6.50. The highest BCUT2D eigenvalue weighted by molar-refractivity contribution is 6.34. The van der Waals surface area contributed by atoms with Gasteiger partial charge >= 0.3 is 0 Å². The van der Waals surface area contributed by atoms with E-state index in [1.165, 1.54) is 0 Å². The quantitative estimate of drug-likeness (QED) is 0.849. The summed E-state index contributed by atoms with van der Waals surface area (Å²) in [7, 11) is 0. The van der Waals surface area contributed by atoms with Crippen molar-refractivity contribution in [2.45, 2.75) is 13.8 Å². The van der Waals surface area contributed by atoms with Gasteiger partial charge in [-0.2, -0.15) is 0 Å². The fraction of sp³-hybridized carbons (Fsp3) is 0.188. The van der Waals surface area contributed by atoms with E-state index in [0.717, 1.165) is 16.9 Å². The third kappa shape index (κ3) is 3.89. The number of benzene rings is 2. The monoisotopic (exact) mass is 304 g/mol. The Kier molecular flexibility index (Phi) is 4.70. The molecule has 110 valence electrons. The predicted octanol–water partition coefficient (Wildman–Crippen LogP) is 3.56. The van der Waals surface area contributed by atoms with Gasteiger partial charge in [-0.1, -0.05) is 29.8 Å². The van der Waals surface area contributed by atoms with Gasteiger partial charge in [0.05, 0.1) is 10.7 Å². The molecule has 2 aromatic carbocycles. The van der Waals surface area contributed by atoms with Crippen molar-refractivity contribution >= 4 is 28.9 Å². The molecule has 21 heavy (non-hydrogen) atoms. The summed E-state index contributed by atoms with van der Waals surface area (Å²) >= 11 is 6.01. The van der Waals surface area contributed by atoms with Crippen LogP contribution in [0, 0.1) is 13.8 Å². The van der Waals surface area contributed by atoms with Gasteiger partial charge in [0.25, 0.3) is 5.91 Å². The lowest BCUT2D eigenvalue weighted by Gasteiger charge is -2.12. The molecule has 2 rings (SSSR count). The van der Waals surface area contributed by atoms with Gasteiger partial charge in [-0.3, -0.25) is 4.79 Å². The van der Waals surface area contributed by atoms with Crippen molar-refractivity contribution in [3.63, 3.8) is 0 Å². The van der Waals surface area contributed by atoms with Gasteiger partial charge in [0, 0.05) is 5.69 Å². The number of halogens is 1. The number of carbonyl (C=O) groups excluding carboxylic acids is 1. The van der Waals surface area contributed by atoms with E-state index in [9.17, 15) is 4.79 Å². The molecule has 0 saturated carbocycles. The molecule has 0 bridgehead atoms. The maximum Gasteiger partial charge on any atom is 0.262 e. The number of nitrogen functional groups attached to an aromatic ring is 1. The maximum atomic E-state index is 11.9. The zero-order chi connectivity index (χ0) is 15.4. The summed E-state index contributed by atoms with van der Waals surface area (Å²) in [6, 6.07) is 10.8. The predicted molar refractivity (Wildman–Crippen MR) is 85.9 cm³/mol. The third-order valence-electron chi connectivity index (χ3n) is 3.02. The highest BCUT2D eigenvalue weighted by Gasteiger charge is 2.09. The van der Waals surface area contributed by atoms with Crippen LogP contribution in [-0.4, -0.2) is 12.5 Å². The van der Waals surface area contributed by atoms with Crippen molar-refractivity contribution < 1.29 is 9.53 Å². The zero-order valence-electron chi connectivity index (χ0n) is 11.9. The Hall–Kier alpha value is -2.20. The number of anilines is 2. The molecule has 0 saturated heterocycles. The number of amides is 1. The van der Waals surface area contributed by atoms with Gasteiger partial charge in [0.1, 0.15) is 5.75 Å². The molecule has 4 nitrogen and oxygen atoms in total. The molecule has 1 amide bonds. The first-order chi connectivity index (χ1) is 9.97. The number of rotatable bonds is 4. The topological polar surface area (TPSA) is 64.3 Å². The van der Waals surface area contributed by atoms with E-state index in [0.29, 0.717) is 16.4 Å². The van der Waals surface area contributed by atoms with Gasteiger partial charge in [-0.25, -0.2) is 0 Å². The summed E-state index contributed by atoms with van der Waals surface area (Å²) in [4.78, 5) is 11.9. The number of carbonyl (C=O) groups is 1. The number of nitrogens with one attached hydrogen (secondary N) is 1. The number of aryl methyl sites for hydroxylation is 2. The number of para-hydroxylation sites is 1. The van der Waals surface area contributed by atoms with Crippen molar-refractivity contribution in [2.24, 2.45) is 0 Å². The van der Waals surface area contributed by atoms with Gasteiger partial charge in [-0.15, -0.1) is 0 Å². The fourth-order valence-corrected chi connectivity index (χ4v) is 2.22. The van der Waals surface area contributed by atoms with Crippen LogP contribution >= 0.6 is 11.6 Å². The Bertz CT molecular complexity index is 651. The van der Waals surface area contributed by atoms with Crippen LogP contribution in [-0.2, 0) is 4.79 Å². The van der Waals surface area contributed by atoms with Crippen molar-refractivity contribution in [2.75, 3.05) is 17.7 Å². The van der Waals surface area contributed by atoms with E-state index >= 15 is 0 Å². The lowest BCUT2D eigenvalue weighted by Crippen LogP contribution is -2.20. The highest BCUT2D eigenvalue weighted by atomic mass is 35.5. The van der Waals surface area contributed by atoms with Crippen molar-refractivity contribution in [1.82, 2.24) is 0 Å². The van der Waals surface area contributed by atoms with Gasteiger partial charge in [-0.05, 0) is 43.2 Å². The molecular weight excluding hydrogens is 288 g/mol. The fourth-order valence-electron chi connectivity index (χ4n) is 1.98. The molecule has 0 aromatic heterocycles. The average molecular weight is 305 g/mol. The number of hydrogen-bond donors (Lipinski definition) is 2. The molecular formula is C16H17ClN2O2. The molecule has 5 heteroatoms. The number of nitrogens with two attached hydrogens (primary N) is 1. The van der Waals surface area contributed by atoms with Crippen LogP contribution in [0.5, 0.6) is 5.75 Å². The van der Waals surface area contributed by atoms with Crippen LogP contribution in [0.25, 0.3) is 0 Å². The van der Waals surface area contributed by atoms with E-state index in [-0.39, 0.29) is 12.5 Å². The van der Waals surface area contributed by atoms with Crippen molar-refractivity contribution in [1.29, 1.82) is 0 Å². The summed E-state index contributed by atoms with van der Waals surface area (Å²) in [5.41, 5.74) is 8.65. The first kappa shape index (κ1) is 15.2. The van der Waals surface area contributed by atoms with Crippen LogP contribution in [0.4, 0.5) is 11.4 Å². The standard InChI is InChI=1S/C16H17ClN2O2/c1-10-4-3-5-11(2)16(10)21-9-15(20)19-14-7-6-12(18)8-13(14)17/h3-8H,9,18H2,1-2H3,(H,19,20). The average Bonchev–Trinajstić information content (AvgIpc) is 2.41. The summed E-state index contributed by atoms with van der Waals surface area (Å²) in [6.07, 6.45) is 0. The number of hydrogen-bond acceptors (Lipinski definition) is 3. The molecule has 0 heterocycles. The van der Waals surface area contributed by atoms with Gasteiger partial charge in [0.2, 0.25) is 0 Å². The Balaban J connectivity index is 1.99. The summed E-state index contributed by atoms with van der Waals surface area (Å²) in [5, 5.41) is 3.09. The largest absolute Gasteiger partial charge is 0.483 e. The molecule has 0 atom stereocenters. The Morgan fingerprint density at radius 2 is 1.90 bits per heavy atom. The summed E-state index contributed by atoms with van der Waals surface area (Å²) in [6.45, 7) is 3.81. The highest BCUT2D eigenvalue weighted by Crippen LogP contribution is 2.25. The molecule has 0 fully saturated rings.